The maximum atomic E-state index is 6.56. The highest BCUT2D eigenvalue weighted by Crippen LogP contribution is 2.37. The van der Waals surface area contributed by atoms with E-state index < -0.39 is 0 Å². The Balaban J connectivity index is 2.40. The average molecular weight is 277 g/mol. The van der Waals surface area contributed by atoms with Crippen molar-refractivity contribution in [3.63, 3.8) is 0 Å². The highest BCUT2D eigenvalue weighted by atomic mass is 35.5. The second-order valence-electron chi connectivity index (χ2n) is 4.38. The second kappa shape index (κ2) is 5.98. The molecule has 0 heterocycles. The lowest BCUT2D eigenvalue weighted by molar-refractivity contribution is 0.391. The van der Waals surface area contributed by atoms with Gasteiger partial charge in [0.15, 0.2) is 0 Å². The fourth-order valence-corrected chi connectivity index (χ4v) is 2.35. The molecule has 2 rings (SSSR count). The number of methoxy groups -OCH3 is 2. The number of halogens is 1. The van der Waals surface area contributed by atoms with E-state index in [1.165, 1.54) is 5.56 Å². The van der Waals surface area contributed by atoms with Crippen LogP contribution >= 0.6 is 11.6 Å². The lowest BCUT2D eigenvalue weighted by Crippen LogP contribution is -1.98. The minimum atomic E-state index is -0.235. The van der Waals surface area contributed by atoms with Crippen LogP contribution in [0, 0.1) is 6.92 Å². The zero-order valence-electron chi connectivity index (χ0n) is 11.3. The minimum absolute atomic E-state index is 0.235. The van der Waals surface area contributed by atoms with Crippen molar-refractivity contribution in [1.29, 1.82) is 0 Å². The summed E-state index contributed by atoms with van der Waals surface area (Å²) < 4.78 is 10.6. The highest BCUT2D eigenvalue weighted by molar-refractivity contribution is 6.22. The summed E-state index contributed by atoms with van der Waals surface area (Å²) in [6.45, 7) is 2.05. The molecule has 3 heteroatoms. The summed E-state index contributed by atoms with van der Waals surface area (Å²) in [7, 11) is 3.27. The van der Waals surface area contributed by atoms with Crippen LogP contribution in [0.3, 0.4) is 0 Å². The van der Waals surface area contributed by atoms with Crippen LogP contribution in [0.5, 0.6) is 11.5 Å². The average Bonchev–Trinajstić information content (AvgIpc) is 2.45. The van der Waals surface area contributed by atoms with Crippen molar-refractivity contribution in [3.05, 3.63) is 59.2 Å². The minimum Gasteiger partial charge on any atom is -0.497 e. The summed E-state index contributed by atoms with van der Waals surface area (Å²) in [5.41, 5.74) is 3.19. The summed E-state index contributed by atoms with van der Waals surface area (Å²) >= 11 is 6.56. The number of alkyl halides is 1. The van der Waals surface area contributed by atoms with E-state index in [1.54, 1.807) is 14.2 Å². The summed E-state index contributed by atoms with van der Waals surface area (Å²) in [5, 5.41) is -0.235. The summed E-state index contributed by atoms with van der Waals surface area (Å²) in [5.74, 6) is 1.49. The van der Waals surface area contributed by atoms with Crippen LogP contribution in [0.15, 0.2) is 42.5 Å². The molecular weight excluding hydrogens is 260 g/mol. The van der Waals surface area contributed by atoms with E-state index in [0.29, 0.717) is 0 Å². The zero-order chi connectivity index (χ0) is 13.8. The molecule has 0 amide bonds. The van der Waals surface area contributed by atoms with E-state index in [-0.39, 0.29) is 5.38 Å². The van der Waals surface area contributed by atoms with Crippen LogP contribution in [0.1, 0.15) is 22.1 Å². The third-order valence-electron chi connectivity index (χ3n) is 3.05. The molecule has 0 radical (unpaired) electrons. The molecule has 2 aromatic rings. The maximum Gasteiger partial charge on any atom is 0.127 e. The van der Waals surface area contributed by atoms with Gasteiger partial charge in [-0.15, -0.1) is 11.6 Å². The molecule has 0 spiro atoms. The Kier molecular flexibility index (Phi) is 4.33. The molecule has 100 valence electrons. The van der Waals surface area contributed by atoms with Crippen LogP contribution in [-0.2, 0) is 0 Å². The number of benzene rings is 2. The Morgan fingerprint density at radius 3 is 2.42 bits per heavy atom. The molecule has 0 aliphatic heterocycles. The number of hydrogen-bond donors (Lipinski definition) is 0. The van der Waals surface area contributed by atoms with Gasteiger partial charge in [0.25, 0.3) is 0 Å². The van der Waals surface area contributed by atoms with Crippen molar-refractivity contribution in [1.82, 2.24) is 0 Å². The number of ether oxygens (including phenoxy) is 2. The molecule has 0 aliphatic rings. The zero-order valence-corrected chi connectivity index (χ0v) is 12.1. The van der Waals surface area contributed by atoms with Crippen molar-refractivity contribution in [2.24, 2.45) is 0 Å². The van der Waals surface area contributed by atoms with Gasteiger partial charge in [0.2, 0.25) is 0 Å². The topological polar surface area (TPSA) is 18.5 Å². The lowest BCUT2D eigenvalue weighted by Gasteiger charge is -2.15. The van der Waals surface area contributed by atoms with Gasteiger partial charge >= 0.3 is 0 Å². The Labute approximate surface area is 118 Å². The molecule has 0 fully saturated rings. The van der Waals surface area contributed by atoms with Crippen molar-refractivity contribution >= 4 is 11.6 Å². The standard InChI is InChI=1S/C16H17ClO2/c1-11-5-4-6-12(9-11)16(17)14-8-7-13(18-2)10-15(14)19-3/h4-10,16H,1-3H3. The van der Waals surface area contributed by atoms with E-state index in [0.717, 1.165) is 22.6 Å². The molecule has 19 heavy (non-hydrogen) atoms. The Morgan fingerprint density at radius 2 is 1.79 bits per heavy atom. The van der Waals surface area contributed by atoms with E-state index in [2.05, 4.69) is 19.1 Å². The Bertz CT molecular complexity index is 566. The van der Waals surface area contributed by atoms with Crippen molar-refractivity contribution in [2.45, 2.75) is 12.3 Å². The first-order chi connectivity index (χ1) is 9.15. The number of hydrogen-bond acceptors (Lipinski definition) is 2. The van der Waals surface area contributed by atoms with Gasteiger partial charge in [0.05, 0.1) is 19.6 Å². The van der Waals surface area contributed by atoms with E-state index in [1.807, 2.05) is 30.3 Å². The molecule has 1 atom stereocenters. The van der Waals surface area contributed by atoms with Gasteiger partial charge in [-0.25, -0.2) is 0 Å². The molecule has 0 bridgehead atoms. The molecule has 2 nitrogen and oxygen atoms in total. The fourth-order valence-electron chi connectivity index (χ4n) is 2.04. The number of aryl methyl sites for hydroxylation is 1. The molecule has 0 saturated heterocycles. The molecule has 2 aromatic carbocycles. The second-order valence-corrected chi connectivity index (χ2v) is 4.82. The van der Waals surface area contributed by atoms with Gasteiger partial charge in [-0.3, -0.25) is 0 Å². The third-order valence-corrected chi connectivity index (χ3v) is 3.54. The van der Waals surface area contributed by atoms with Crippen molar-refractivity contribution in [2.75, 3.05) is 14.2 Å². The van der Waals surface area contributed by atoms with Crippen LogP contribution in [0.25, 0.3) is 0 Å². The molecular formula is C16H17ClO2. The van der Waals surface area contributed by atoms with Crippen LogP contribution < -0.4 is 9.47 Å². The maximum absolute atomic E-state index is 6.56. The van der Waals surface area contributed by atoms with Crippen LogP contribution in [0.4, 0.5) is 0 Å². The van der Waals surface area contributed by atoms with Crippen LogP contribution in [-0.4, -0.2) is 14.2 Å². The first kappa shape index (κ1) is 13.8. The van der Waals surface area contributed by atoms with Gasteiger partial charge in [-0.05, 0) is 24.6 Å². The smallest absolute Gasteiger partial charge is 0.127 e. The largest absolute Gasteiger partial charge is 0.497 e. The van der Waals surface area contributed by atoms with Gasteiger partial charge in [-0.2, -0.15) is 0 Å². The molecule has 0 aromatic heterocycles. The number of rotatable bonds is 4. The lowest BCUT2D eigenvalue weighted by atomic mass is 10.0. The van der Waals surface area contributed by atoms with Crippen LogP contribution in [0.2, 0.25) is 0 Å². The third kappa shape index (κ3) is 3.02. The highest BCUT2D eigenvalue weighted by Gasteiger charge is 2.16. The molecule has 0 N–H and O–H groups in total. The monoisotopic (exact) mass is 276 g/mol. The van der Waals surface area contributed by atoms with Gasteiger partial charge in [-0.1, -0.05) is 29.8 Å². The summed E-state index contributed by atoms with van der Waals surface area (Å²) in [6.07, 6.45) is 0. The molecule has 0 aliphatic carbocycles. The predicted molar refractivity (Wildman–Crippen MR) is 78.4 cm³/mol. The first-order valence-corrected chi connectivity index (χ1v) is 6.52. The van der Waals surface area contributed by atoms with Gasteiger partial charge in [0, 0.05) is 11.6 Å². The summed E-state index contributed by atoms with van der Waals surface area (Å²) in [4.78, 5) is 0. The first-order valence-electron chi connectivity index (χ1n) is 6.08. The molecule has 1 unspecified atom stereocenters. The summed E-state index contributed by atoms with van der Waals surface area (Å²) in [6, 6.07) is 13.9. The predicted octanol–water partition coefficient (Wildman–Crippen LogP) is 4.34. The molecule has 0 saturated carbocycles. The van der Waals surface area contributed by atoms with E-state index >= 15 is 0 Å². The Hall–Kier alpha value is -1.67. The van der Waals surface area contributed by atoms with Crippen molar-refractivity contribution < 1.29 is 9.47 Å². The van der Waals surface area contributed by atoms with Crippen molar-refractivity contribution in [3.8, 4) is 11.5 Å². The Morgan fingerprint density at radius 1 is 1.00 bits per heavy atom. The van der Waals surface area contributed by atoms with E-state index in [9.17, 15) is 0 Å². The fraction of sp³-hybridized carbons (Fsp3) is 0.250. The van der Waals surface area contributed by atoms with Gasteiger partial charge in [0.1, 0.15) is 11.5 Å². The quantitative estimate of drug-likeness (QED) is 0.774. The van der Waals surface area contributed by atoms with E-state index in [4.69, 9.17) is 21.1 Å². The normalized spacial score (nSPS) is 12.0. The van der Waals surface area contributed by atoms with Gasteiger partial charge < -0.3 is 9.47 Å². The SMILES string of the molecule is COc1ccc(C(Cl)c2cccc(C)c2)c(OC)c1.